The summed E-state index contributed by atoms with van der Waals surface area (Å²) in [6.07, 6.45) is 1.82. The topological polar surface area (TPSA) is 12.0 Å². The summed E-state index contributed by atoms with van der Waals surface area (Å²) >= 11 is 0. The number of rotatable bonds is 4. The summed E-state index contributed by atoms with van der Waals surface area (Å²) in [6.45, 7) is 1.71. The number of piperidine rings is 1. The lowest BCUT2D eigenvalue weighted by molar-refractivity contribution is -0.0251. The van der Waals surface area contributed by atoms with E-state index in [4.69, 9.17) is 0 Å². The van der Waals surface area contributed by atoms with Gasteiger partial charge in [0.05, 0.1) is 0 Å². The minimum absolute atomic E-state index is 0.00882. The van der Waals surface area contributed by atoms with Gasteiger partial charge in [0.1, 0.15) is 0 Å². The molecule has 0 radical (unpaired) electrons. The van der Waals surface area contributed by atoms with Gasteiger partial charge in [-0.05, 0) is 37.4 Å². The lowest BCUT2D eigenvalue weighted by Crippen LogP contribution is -2.34. The van der Waals surface area contributed by atoms with Crippen molar-refractivity contribution in [3.63, 3.8) is 0 Å². The maximum absolute atomic E-state index is 13.9. The highest BCUT2D eigenvalue weighted by Crippen LogP contribution is 2.30. The van der Waals surface area contributed by atoms with E-state index in [1.165, 1.54) is 0 Å². The Morgan fingerprint density at radius 2 is 2.00 bits per heavy atom. The van der Waals surface area contributed by atoms with Gasteiger partial charge in [-0.3, -0.25) is 0 Å². The lowest BCUT2D eigenvalue weighted by atomic mass is 9.90. The molecule has 0 amide bonds. The van der Waals surface area contributed by atoms with Crippen molar-refractivity contribution in [1.82, 2.24) is 5.32 Å². The zero-order chi connectivity index (χ0) is 12.1. The third-order valence-electron chi connectivity index (χ3n) is 3.29. The zero-order valence-electron chi connectivity index (χ0n) is 9.96. The molecule has 1 N–H and O–H groups in total. The SMILES string of the molecule is FC(F)(Cc1ccccc1)CC1CCCNC1. The molecule has 0 saturated carbocycles. The molecule has 1 aromatic rings. The van der Waals surface area contributed by atoms with Gasteiger partial charge in [-0.15, -0.1) is 0 Å². The molecule has 0 aromatic heterocycles. The Hall–Kier alpha value is -0.960. The summed E-state index contributed by atoms with van der Waals surface area (Å²) in [5.41, 5.74) is 0.723. The molecule has 3 heteroatoms. The number of nitrogens with one attached hydrogen (secondary N) is 1. The van der Waals surface area contributed by atoms with Gasteiger partial charge in [0.2, 0.25) is 0 Å². The fourth-order valence-electron chi connectivity index (χ4n) is 2.49. The molecule has 2 rings (SSSR count). The first kappa shape index (κ1) is 12.5. The smallest absolute Gasteiger partial charge is 0.252 e. The molecule has 0 aliphatic carbocycles. The van der Waals surface area contributed by atoms with Crippen LogP contribution >= 0.6 is 0 Å². The summed E-state index contributed by atoms with van der Waals surface area (Å²) in [5.74, 6) is -2.45. The van der Waals surface area contributed by atoms with E-state index in [2.05, 4.69) is 5.32 Å². The second-order valence-corrected chi connectivity index (χ2v) is 4.93. The molecular formula is C14H19F2N. The normalized spacial score (nSPS) is 21.4. The number of halogens is 2. The Kier molecular flexibility index (Phi) is 4.11. The summed E-state index contributed by atoms with van der Waals surface area (Å²) in [5, 5.41) is 3.19. The van der Waals surface area contributed by atoms with Crippen LogP contribution in [0.1, 0.15) is 24.8 Å². The van der Waals surface area contributed by atoms with E-state index in [1.54, 1.807) is 12.1 Å². The van der Waals surface area contributed by atoms with Gasteiger partial charge in [0.15, 0.2) is 0 Å². The highest BCUT2D eigenvalue weighted by Gasteiger charge is 2.33. The molecule has 1 unspecified atom stereocenters. The largest absolute Gasteiger partial charge is 0.316 e. The van der Waals surface area contributed by atoms with Crippen LogP contribution in [0.3, 0.4) is 0 Å². The van der Waals surface area contributed by atoms with E-state index in [0.717, 1.165) is 31.5 Å². The Labute approximate surface area is 101 Å². The van der Waals surface area contributed by atoms with Crippen LogP contribution in [0.2, 0.25) is 0 Å². The van der Waals surface area contributed by atoms with E-state index in [1.807, 2.05) is 18.2 Å². The second-order valence-electron chi connectivity index (χ2n) is 4.93. The van der Waals surface area contributed by atoms with Crippen molar-refractivity contribution in [3.05, 3.63) is 35.9 Å². The van der Waals surface area contributed by atoms with Gasteiger partial charge in [-0.1, -0.05) is 30.3 Å². The van der Waals surface area contributed by atoms with Crippen LogP contribution in [0.15, 0.2) is 30.3 Å². The summed E-state index contributed by atoms with van der Waals surface area (Å²) in [6, 6.07) is 9.02. The second kappa shape index (κ2) is 5.58. The van der Waals surface area contributed by atoms with Gasteiger partial charge in [-0.25, -0.2) is 8.78 Å². The molecule has 1 aliphatic heterocycles. The van der Waals surface area contributed by atoms with Crippen molar-refractivity contribution < 1.29 is 8.78 Å². The van der Waals surface area contributed by atoms with Gasteiger partial charge in [0, 0.05) is 12.8 Å². The molecule has 17 heavy (non-hydrogen) atoms. The summed E-state index contributed by atoms with van der Waals surface area (Å²) in [7, 11) is 0. The first-order chi connectivity index (χ1) is 8.16. The maximum atomic E-state index is 13.9. The third kappa shape index (κ3) is 4.08. The molecule has 94 valence electrons. The van der Waals surface area contributed by atoms with Crippen molar-refractivity contribution in [2.75, 3.05) is 13.1 Å². The lowest BCUT2D eigenvalue weighted by Gasteiger charge is -2.27. The Morgan fingerprint density at radius 1 is 1.24 bits per heavy atom. The van der Waals surface area contributed by atoms with Gasteiger partial charge in [0.25, 0.3) is 5.92 Å². The highest BCUT2D eigenvalue weighted by molar-refractivity contribution is 5.16. The minimum Gasteiger partial charge on any atom is -0.316 e. The fraction of sp³-hybridized carbons (Fsp3) is 0.571. The van der Waals surface area contributed by atoms with Gasteiger partial charge in [-0.2, -0.15) is 0 Å². The maximum Gasteiger partial charge on any atom is 0.252 e. The van der Waals surface area contributed by atoms with E-state index >= 15 is 0 Å². The zero-order valence-corrected chi connectivity index (χ0v) is 9.96. The standard InChI is InChI=1S/C14H19F2N/c15-14(16,9-12-5-2-1-3-6-12)10-13-7-4-8-17-11-13/h1-3,5-6,13,17H,4,7-11H2. The third-order valence-corrected chi connectivity index (χ3v) is 3.29. The predicted molar refractivity (Wildman–Crippen MR) is 65.3 cm³/mol. The predicted octanol–water partition coefficient (Wildman–Crippen LogP) is 3.25. The molecule has 0 bridgehead atoms. The Morgan fingerprint density at radius 3 is 2.65 bits per heavy atom. The Bertz CT molecular complexity index is 331. The number of alkyl halides is 2. The van der Waals surface area contributed by atoms with Crippen molar-refractivity contribution >= 4 is 0 Å². The Balaban J connectivity index is 1.89. The molecule has 1 heterocycles. The quantitative estimate of drug-likeness (QED) is 0.850. The average Bonchev–Trinajstić information content (AvgIpc) is 2.30. The molecule has 1 atom stereocenters. The van der Waals surface area contributed by atoms with Crippen LogP contribution in [0, 0.1) is 5.92 Å². The van der Waals surface area contributed by atoms with E-state index < -0.39 is 5.92 Å². The van der Waals surface area contributed by atoms with Crippen LogP contribution < -0.4 is 5.32 Å². The van der Waals surface area contributed by atoms with Crippen LogP contribution in [-0.4, -0.2) is 19.0 Å². The molecule has 0 spiro atoms. The average molecular weight is 239 g/mol. The minimum atomic E-state index is -2.58. The van der Waals surface area contributed by atoms with Crippen molar-refractivity contribution in [2.24, 2.45) is 5.92 Å². The van der Waals surface area contributed by atoms with Crippen LogP contribution in [-0.2, 0) is 6.42 Å². The molecule has 1 aliphatic rings. The van der Waals surface area contributed by atoms with Crippen LogP contribution in [0.4, 0.5) is 8.78 Å². The van der Waals surface area contributed by atoms with Gasteiger partial charge >= 0.3 is 0 Å². The van der Waals surface area contributed by atoms with Crippen molar-refractivity contribution in [1.29, 1.82) is 0 Å². The first-order valence-electron chi connectivity index (χ1n) is 6.28. The molecule has 1 aromatic carbocycles. The van der Waals surface area contributed by atoms with Crippen LogP contribution in [0.25, 0.3) is 0 Å². The van der Waals surface area contributed by atoms with Crippen molar-refractivity contribution in [3.8, 4) is 0 Å². The van der Waals surface area contributed by atoms with E-state index in [9.17, 15) is 8.78 Å². The molecular weight excluding hydrogens is 220 g/mol. The van der Waals surface area contributed by atoms with E-state index in [0.29, 0.717) is 0 Å². The fourth-order valence-corrected chi connectivity index (χ4v) is 2.49. The van der Waals surface area contributed by atoms with Gasteiger partial charge < -0.3 is 5.32 Å². The molecule has 1 nitrogen and oxygen atoms in total. The number of benzene rings is 1. The summed E-state index contributed by atoms with van der Waals surface area (Å²) < 4.78 is 27.7. The number of hydrogen-bond donors (Lipinski definition) is 1. The van der Waals surface area contributed by atoms with Crippen molar-refractivity contribution in [2.45, 2.75) is 31.6 Å². The van der Waals surface area contributed by atoms with Crippen LogP contribution in [0.5, 0.6) is 0 Å². The first-order valence-corrected chi connectivity index (χ1v) is 6.28. The monoisotopic (exact) mass is 239 g/mol. The highest BCUT2D eigenvalue weighted by atomic mass is 19.3. The van der Waals surface area contributed by atoms with E-state index in [-0.39, 0.29) is 18.8 Å². The molecule has 1 fully saturated rings. The molecule has 1 saturated heterocycles. The summed E-state index contributed by atoms with van der Waals surface area (Å²) in [4.78, 5) is 0. The number of hydrogen-bond acceptors (Lipinski definition) is 1.